The summed E-state index contributed by atoms with van der Waals surface area (Å²) < 4.78 is 13.2. The number of benzene rings is 2. The summed E-state index contributed by atoms with van der Waals surface area (Å²) in [6.07, 6.45) is 0. The van der Waals surface area contributed by atoms with Crippen LogP contribution < -0.4 is 11.1 Å². The second kappa shape index (κ2) is 4.97. The van der Waals surface area contributed by atoms with E-state index < -0.39 is 0 Å². The Kier molecular flexibility index (Phi) is 3.40. The zero-order valence-corrected chi connectivity index (χ0v) is 9.65. The highest BCUT2D eigenvalue weighted by Gasteiger charge is 2.12. The van der Waals surface area contributed by atoms with Crippen molar-refractivity contribution < 1.29 is 4.39 Å². The van der Waals surface area contributed by atoms with Crippen LogP contribution >= 0.6 is 0 Å². The largest absolute Gasteiger partial charge is 0.399 e. The quantitative estimate of drug-likeness (QED) is 0.796. The van der Waals surface area contributed by atoms with E-state index in [0.717, 1.165) is 11.1 Å². The van der Waals surface area contributed by atoms with Gasteiger partial charge in [-0.2, -0.15) is 0 Å². The van der Waals surface area contributed by atoms with Crippen LogP contribution in [0, 0.1) is 5.82 Å². The maximum absolute atomic E-state index is 13.2. The van der Waals surface area contributed by atoms with Gasteiger partial charge in [-0.25, -0.2) is 4.39 Å². The number of anilines is 1. The van der Waals surface area contributed by atoms with Crippen molar-refractivity contribution in [3.63, 3.8) is 0 Å². The first-order valence-corrected chi connectivity index (χ1v) is 5.49. The topological polar surface area (TPSA) is 38.0 Å². The van der Waals surface area contributed by atoms with Crippen molar-refractivity contribution in [1.29, 1.82) is 0 Å². The molecule has 0 heterocycles. The minimum absolute atomic E-state index is 0.0470. The molecule has 2 aromatic carbocycles. The summed E-state index contributed by atoms with van der Waals surface area (Å²) in [4.78, 5) is 0. The van der Waals surface area contributed by atoms with Gasteiger partial charge in [0.1, 0.15) is 5.82 Å². The molecule has 3 N–H and O–H groups in total. The molecule has 0 radical (unpaired) electrons. The van der Waals surface area contributed by atoms with Crippen LogP contribution in [0.2, 0.25) is 0 Å². The van der Waals surface area contributed by atoms with Gasteiger partial charge in [0.05, 0.1) is 6.04 Å². The molecular formula is C14H15FN2. The molecule has 0 aromatic heterocycles. The van der Waals surface area contributed by atoms with Gasteiger partial charge in [0.2, 0.25) is 0 Å². The number of halogens is 1. The van der Waals surface area contributed by atoms with Crippen molar-refractivity contribution in [3.8, 4) is 0 Å². The minimum Gasteiger partial charge on any atom is -0.399 e. The molecule has 0 amide bonds. The van der Waals surface area contributed by atoms with Crippen LogP contribution in [0.5, 0.6) is 0 Å². The molecule has 0 aliphatic heterocycles. The maximum atomic E-state index is 13.2. The Bertz CT molecular complexity index is 466. The van der Waals surface area contributed by atoms with Crippen LogP contribution in [-0.2, 0) is 0 Å². The Labute approximate surface area is 100 Å². The number of hydrogen-bond donors (Lipinski definition) is 2. The predicted molar refractivity (Wildman–Crippen MR) is 68.2 cm³/mol. The molecule has 0 aliphatic rings. The summed E-state index contributed by atoms with van der Waals surface area (Å²) in [6.45, 7) is 0. The summed E-state index contributed by atoms with van der Waals surface area (Å²) in [5, 5.41) is 3.17. The van der Waals surface area contributed by atoms with E-state index in [0.29, 0.717) is 5.69 Å². The second-order valence-electron chi connectivity index (χ2n) is 3.95. The van der Waals surface area contributed by atoms with Crippen LogP contribution in [0.25, 0.3) is 0 Å². The highest BCUT2D eigenvalue weighted by Crippen LogP contribution is 2.23. The molecule has 0 saturated heterocycles. The van der Waals surface area contributed by atoms with Gasteiger partial charge in [0.25, 0.3) is 0 Å². The van der Waals surface area contributed by atoms with Gasteiger partial charge < -0.3 is 11.1 Å². The molecule has 2 nitrogen and oxygen atoms in total. The number of nitrogen functional groups attached to an aromatic ring is 1. The molecule has 1 unspecified atom stereocenters. The van der Waals surface area contributed by atoms with Gasteiger partial charge in [-0.15, -0.1) is 0 Å². The van der Waals surface area contributed by atoms with Crippen molar-refractivity contribution in [2.24, 2.45) is 0 Å². The van der Waals surface area contributed by atoms with E-state index >= 15 is 0 Å². The molecule has 2 rings (SSSR count). The van der Waals surface area contributed by atoms with Crippen LogP contribution in [0.4, 0.5) is 10.1 Å². The van der Waals surface area contributed by atoms with E-state index in [1.807, 2.05) is 37.4 Å². The molecular weight excluding hydrogens is 215 g/mol. The summed E-state index contributed by atoms with van der Waals surface area (Å²) in [6, 6.07) is 14.1. The number of nitrogens with one attached hydrogen (secondary N) is 1. The molecule has 2 aromatic rings. The third kappa shape index (κ3) is 2.63. The zero-order chi connectivity index (χ0) is 12.3. The summed E-state index contributed by atoms with van der Waals surface area (Å²) >= 11 is 0. The highest BCUT2D eigenvalue weighted by molar-refractivity contribution is 5.44. The highest BCUT2D eigenvalue weighted by atomic mass is 19.1. The maximum Gasteiger partial charge on any atom is 0.123 e. The third-order valence-corrected chi connectivity index (χ3v) is 2.71. The van der Waals surface area contributed by atoms with Gasteiger partial charge in [-0.3, -0.25) is 0 Å². The average molecular weight is 230 g/mol. The third-order valence-electron chi connectivity index (χ3n) is 2.71. The molecule has 0 bridgehead atoms. The molecule has 0 saturated carbocycles. The van der Waals surface area contributed by atoms with Gasteiger partial charge in [-0.1, -0.05) is 24.3 Å². The standard InChI is InChI=1S/C14H15FN2/c1-17-14(10-4-2-6-12(15)8-10)11-5-3-7-13(16)9-11/h2-9,14,17H,16H2,1H3. The molecule has 0 fully saturated rings. The Morgan fingerprint density at radius 2 is 1.71 bits per heavy atom. The first-order valence-electron chi connectivity index (χ1n) is 5.49. The molecule has 88 valence electrons. The number of hydrogen-bond acceptors (Lipinski definition) is 2. The Hall–Kier alpha value is -1.87. The van der Waals surface area contributed by atoms with E-state index in [-0.39, 0.29) is 11.9 Å². The Morgan fingerprint density at radius 3 is 2.29 bits per heavy atom. The Balaban J connectivity index is 2.40. The smallest absolute Gasteiger partial charge is 0.123 e. The van der Waals surface area contributed by atoms with E-state index in [9.17, 15) is 4.39 Å². The normalized spacial score (nSPS) is 12.4. The SMILES string of the molecule is CNC(c1cccc(N)c1)c1cccc(F)c1. The predicted octanol–water partition coefficient (Wildman–Crippen LogP) is 2.72. The Morgan fingerprint density at radius 1 is 1.06 bits per heavy atom. The summed E-state index contributed by atoms with van der Waals surface area (Å²) in [5.74, 6) is -0.230. The second-order valence-corrected chi connectivity index (χ2v) is 3.95. The minimum atomic E-state index is -0.230. The van der Waals surface area contributed by atoms with Crippen molar-refractivity contribution >= 4 is 5.69 Å². The van der Waals surface area contributed by atoms with Crippen LogP contribution in [0.3, 0.4) is 0 Å². The van der Waals surface area contributed by atoms with Gasteiger partial charge >= 0.3 is 0 Å². The lowest BCUT2D eigenvalue weighted by molar-refractivity contribution is 0.617. The molecule has 3 heteroatoms. The van der Waals surface area contributed by atoms with Gasteiger partial charge in [-0.05, 0) is 42.4 Å². The average Bonchev–Trinajstić information content (AvgIpc) is 2.30. The first kappa shape index (κ1) is 11.6. The fourth-order valence-corrected chi connectivity index (χ4v) is 1.95. The van der Waals surface area contributed by atoms with E-state index in [1.54, 1.807) is 6.07 Å². The van der Waals surface area contributed by atoms with Crippen LogP contribution in [0.1, 0.15) is 17.2 Å². The van der Waals surface area contributed by atoms with E-state index in [1.165, 1.54) is 12.1 Å². The van der Waals surface area contributed by atoms with E-state index in [4.69, 9.17) is 5.73 Å². The summed E-state index contributed by atoms with van der Waals surface area (Å²) in [7, 11) is 1.85. The molecule has 0 spiro atoms. The monoisotopic (exact) mass is 230 g/mol. The lowest BCUT2D eigenvalue weighted by Gasteiger charge is -2.17. The molecule has 17 heavy (non-hydrogen) atoms. The molecule has 0 aliphatic carbocycles. The van der Waals surface area contributed by atoms with E-state index in [2.05, 4.69) is 5.32 Å². The van der Waals surface area contributed by atoms with Gasteiger partial charge in [0, 0.05) is 5.69 Å². The lowest BCUT2D eigenvalue weighted by Crippen LogP contribution is -2.17. The first-order chi connectivity index (χ1) is 8.20. The zero-order valence-electron chi connectivity index (χ0n) is 9.65. The van der Waals surface area contributed by atoms with Crippen LogP contribution in [-0.4, -0.2) is 7.05 Å². The summed E-state index contributed by atoms with van der Waals surface area (Å²) in [5.41, 5.74) is 8.38. The van der Waals surface area contributed by atoms with Crippen LogP contribution in [0.15, 0.2) is 48.5 Å². The van der Waals surface area contributed by atoms with Crippen molar-refractivity contribution in [2.75, 3.05) is 12.8 Å². The number of rotatable bonds is 3. The van der Waals surface area contributed by atoms with Crippen molar-refractivity contribution in [3.05, 3.63) is 65.5 Å². The lowest BCUT2D eigenvalue weighted by atomic mass is 9.98. The fourth-order valence-electron chi connectivity index (χ4n) is 1.95. The number of nitrogens with two attached hydrogens (primary N) is 1. The molecule has 1 atom stereocenters. The van der Waals surface area contributed by atoms with Gasteiger partial charge in [0.15, 0.2) is 0 Å². The fraction of sp³-hybridized carbons (Fsp3) is 0.143. The van der Waals surface area contributed by atoms with Crippen molar-refractivity contribution in [2.45, 2.75) is 6.04 Å². The van der Waals surface area contributed by atoms with Crippen molar-refractivity contribution in [1.82, 2.24) is 5.32 Å².